The number of ether oxygens (including phenoxy) is 2. The molecule has 1 atom stereocenters. The maximum atomic E-state index is 14.0. The van der Waals surface area contributed by atoms with Gasteiger partial charge in [0.1, 0.15) is 17.3 Å². The second-order valence-corrected chi connectivity index (χ2v) is 9.46. The van der Waals surface area contributed by atoms with Gasteiger partial charge in [-0.3, -0.25) is 9.78 Å². The van der Waals surface area contributed by atoms with E-state index in [1.807, 2.05) is 54.6 Å². The number of methoxy groups -OCH3 is 2. The summed E-state index contributed by atoms with van der Waals surface area (Å²) in [5.41, 5.74) is 4.79. The molecule has 1 aromatic heterocycles. The zero-order valence-corrected chi connectivity index (χ0v) is 22.2. The second kappa shape index (κ2) is 11.5. The molecule has 5 rings (SSSR count). The van der Waals surface area contributed by atoms with Crippen LogP contribution in [0, 0.1) is 5.82 Å². The van der Waals surface area contributed by atoms with Crippen molar-refractivity contribution in [3.05, 3.63) is 119 Å². The number of fused-ring (bicyclic) bond motifs is 1. The van der Waals surface area contributed by atoms with E-state index in [0.29, 0.717) is 34.1 Å². The summed E-state index contributed by atoms with van der Waals surface area (Å²) in [5.74, 6) is 0.158. The largest absolute Gasteiger partial charge is 0.496 e. The van der Waals surface area contributed by atoms with Gasteiger partial charge in [-0.1, -0.05) is 54.1 Å². The number of carbonyl (C=O) groups is 1. The molecule has 39 heavy (non-hydrogen) atoms. The number of nitrogens with zero attached hydrogens (tertiary/aromatic N) is 1. The van der Waals surface area contributed by atoms with Crippen LogP contribution in [0.3, 0.4) is 0 Å². The number of halogens is 2. The van der Waals surface area contributed by atoms with Crippen LogP contribution < -0.4 is 14.8 Å². The number of para-hydroxylation sites is 1. The summed E-state index contributed by atoms with van der Waals surface area (Å²) in [6.07, 6.45) is 2.13. The monoisotopic (exact) mass is 540 g/mol. The fourth-order valence-corrected chi connectivity index (χ4v) is 4.88. The first-order valence-corrected chi connectivity index (χ1v) is 12.8. The molecule has 5 aromatic rings. The molecule has 7 heteroatoms. The van der Waals surface area contributed by atoms with Crippen LogP contribution in [0.25, 0.3) is 22.0 Å². The molecule has 4 aromatic carbocycles. The molecule has 0 aliphatic carbocycles. The first kappa shape index (κ1) is 26.2. The number of nitrogens with one attached hydrogen (secondary N) is 1. The highest BCUT2D eigenvalue weighted by molar-refractivity contribution is 6.32. The third-order valence-corrected chi connectivity index (χ3v) is 6.99. The van der Waals surface area contributed by atoms with Crippen molar-refractivity contribution in [1.29, 1.82) is 0 Å². The molecule has 0 aliphatic heterocycles. The molecule has 0 fully saturated rings. The van der Waals surface area contributed by atoms with Crippen molar-refractivity contribution in [1.82, 2.24) is 4.98 Å². The maximum absolute atomic E-state index is 14.0. The molecule has 0 saturated heterocycles. The Labute approximate surface area is 231 Å². The lowest BCUT2D eigenvalue weighted by molar-refractivity contribution is -0.117. The van der Waals surface area contributed by atoms with Gasteiger partial charge in [0, 0.05) is 23.3 Å². The average molecular weight is 541 g/mol. The summed E-state index contributed by atoms with van der Waals surface area (Å²) in [5, 5.41) is 4.19. The van der Waals surface area contributed by atoms with E-state index in [-0.39, 0.29) is 11.7 Å². The van der Waals surface area contributed by atoms with Crippen LogP contribution in [0.4, 0.5) is 10.1 Å². The smallest absolute Gasteiger partial charge is 0.232 e. The topological polar surface area (TPSA) is 60.5 Å². The molecular formula is C32H26ClFN2O3. The SMILES string of the molecule is COc1cc(NC(=O)[C@H](Cc2ccccc2OC)c2ccc(-c3ccnc4ccc(F)cc34)cc2)ccc1Cl. The molecule has 0 saturated carbocycles. The molecule has 0 aliphatic rings. The van der Waals surface area contributed by atoms with Gasteiger partial charge in [0.05, 0.1) is 30.7 Å². The van der Waals surface area contributed by atoms with Crippen molar-refractivity contribution < 1.29 is 18.7 Å². The number of carbonyl (C=O) groups excluding carboxylic acids is 1. The molecule has 1 heterocycles. The van der Waals surface area contributed by atoms with Gasteiger partial charge in [-0.25, -0.2) is 4.39 Å². The van der Waals surface area contributed by atoms with Crippen LogP contribution in [0.2, 0.25) is 5.02 Å². The third-order valence-electron chi connectivity index (χ3n) is 6.68. The summed E-state index contributed by atoms with van der Waals surface area (Å²) >= 11 is 6.17. The van der Waals surface area contributed by atoms with Crippen molar-refractivity contribution >= 4 is 34.1 Å². The normalized spacial score (nSPS) is 11.7. The molecule has 1 amide bonds. The molecule has 1 N–H and O–H groups in total. The van der Waals surface area contributed by atoms with E-state index < -0.39 is 5.92 Å². The van der Waals surface area contributed by atoms with Gasteiger partial charge in [-0.05, 0) is 71.1 Å². The van der Waals surface area contributed by atoms with Crippen molar-refractivity contribution in [2.24, 2.45) is 0 Å². The zero-order valence-electron chi connectivity index (χ0n) is 21.4. The number of benzene rings is 4. The molecule has 0 unspecified atom stereocenters. The number of pyridine rings is 1. The summed E-state index contributed by atoms with van der Waals surface area (Å²) in [7, 11) is 3.14. The Morgan fingerprint density at radius 3 is 2.46 bits per heavy atom. The van der Waals surface area contributed by atoms with Crippen LogP contribution in [0.1, 0.15) is 17.0 Å². The Hall–Kier alpha value is -4.42. The number of aromatic nitrogens is 1. The summed E-state index contributed by atoms with van der Waals surface area (Å²) in [4.78, 5) is 18.0. The number of rotatable bonds is 8. The van der Waals surface area contributed by atoms with Gasteiger partial charge in [-0.2, -0.15) is 0 Å². The second-order valence-electron chi connectivity index (χ2n) is 9.05. The predicted molar refractivity (Wildman–Crippen MR) is 153 cm³/mol. The van der Waals surface area contributed by atoms with Crippen LogP contribution in [-0.2, 0) is 11.2 Å². The molecule has 196 valence electrons. The van der Waals surface area contributed by atoms with Gasteiger partial charge >= 0.3 is 0 Å². The van der Waals surface area contributed by atoms with Gasteiger partial charge in [0.2, 0.25) is 5.91 Å². The molecule has 0 bridgehead atoms. The predicted octanol–water partition coefficient (Wildman–Crippen LogP) is 7.68. The zero-order chi connectivity index (χ0) is 27.4. The van der Waals surface area contributed by atoms with E-state index >= 15 is 0 Å². The highest BCUT2D eigenvalue weighted by Gasteiger charge is 2.23. The van der Waals surface area contributed by atoms with E-state index in [9.17, 15) is 9.18 Å². The molecule has 0 radical (unpaired) electrons. The van der Waals surface area contributed by atoms with E-state index in [2.05, 4.69) is 10.3 Å². The van der Waals surface area contributed by atoms with Crippen LogP contribution in [0.5, 0.6) is 11.5 Å². The van der Waals surface area contributed by atoms with Crippen molar-refractivity contribution in [2.45, 2.75) is 12.3 Å². The quantitative estimate of drug-likeness (QED) is 0.219. The summed E-state index contributed by atoms with van der Waals surface area (Å²) in [6, 6.07) is 27.0. The first-order valence-electron chi connectivity index (χ1n) is 12.4. The van der Waals surface area contributed by atoms with Crippen molar-refractivity contribution in [3.63, 3.8) is 0 Å². The Kier molecular flexibility index (Phi) is 7.75. The van der Waals surface area contributed by atoms with Crippen LogP contribution in [0.15, 0.2) is 97.2 Å². The fraction of sp³-hybridized carbons (Fsp3) is 0.125. The van der Waals surface area contributed by atoms with E-state index in [0.717, 1.165) is 27.6 Å². The Morgan fingerprint density at radius 2 is 1.69 bits per heavy atom. The van der Waals surface area contributed by atoms with Crippen molar-refractivity contribution in [3.8, 4) is 22.6 Å². The van der Waals surface area contributed by atoms with E-state index in [4.69, 9.17) is 21.1 Å². The molecule has 0 spiro atoms. The Morgan fingerprint density at radius 1 is 0.923 bits per heavy atom. The minimum absolute atomic E-state index is 0.186. The van der Waals surface area contributed by atoms with E-state index in [1.54, 1.807) is 37.6 Å². The Balaban J connectivity index is 1.50. The lowest BCUT2D eigenvalue weighted by Crippen LogP contribution is -2.23. The molecule has 5 nitrogen and oxygen atoms in total. The summed E-state index contributed by atoms with van der Waals surface area (Å²) < 4.78 is 24.9. The average Bonchev–Trinajstić information content (AvgIpc) is 2.96. The third kappa shape index (κ3) is 5.71. The number of anilines is 1. The highest BCUT2D eigenvalue weighted by atomic mass is 35.5. The van der Waals surface area contributed by atoms with Crippen LogP contribution >= 0.6 is 11.6 Å². The first-order chi connectivity index (χ1) is 19.0. The number of hydrogen-bond donors (Lipinski definition) is 1. The number of amides is 1. The van der Waals surface area contributed by atoms with E-state index in [1.165, 1.54) is 19.2 Å². The van der Waals surface area contributed by atoms with Gasteiger partial charge < -0.3 is 14.8 Å². The Bertz CT molecular complexity index is 1640. The van der Waals surface area contributed by atoms with Gasteiger partial charge in [0.15, 0.2) is 0 Å². The van der Waals surface area contributed by atoms with Crippen LogP contribution in [-0.4, -0.2) is 25.1 Å². The van der Waals surface area contributed by atoms with Gasteiger partial charge in [-0.15, -0.1) is 0 Å². The standard InChI is InChI=1S/C32H26ClFN2O3/c1-38-30-6-4-3-5-22(30)17-26(32(37)36-24-12-13-28(33)31(19-24)39-2)21-9-7-20(8-10-21)25-15-16-35-29-14-11-23(34)18-27(25)29/h3-16,18-19,26H,17H2,1-2H3,(H,36,37)/t26-/m1/s1. The van der Waals surface area contributed by atoms with Gasteiger partial charge in [0.25, 0.3) is 0 Å². The number of hydrogen-bond acceptors (Lipinski definition) is 4. The minimum atomic E-state index is -0.524. The lowest BCUT2D eigenvalue weighted by atomic mass is 9.89. The van der Waals surface area contributed by atoms with Crippen molar-refractivity contribution in [2.75, 3.05) is 19.5 Å². The highest BCUT2D eigenvalue weighted by Crippen LogP contribution is 2.33. The minimum Gasteiger partial charge on any atom is -0.496 e. The maximum Gasteiger partial charge on any atom is 0.232 e. The summed E-state index contributed by atoms with van der Waals surface area (Å²) in [6.45, 7) is 0. The fourth-order valence-electron chi connectivity index (χ4n) is 4.69. The molecular weight excluding hydrogens is 515 g/mol. The lowest BCUT2D eigenvalue weighted by Gasteiger charge is -2.20.